The highest BCUT2D eigenvalue weighted by Crippen LogP contribution is 2.23. The monoisotopic (exact) mass is 316 g/mol. The van der Waals surface area contributed by atoms with Crippen LogP contribution in [0, 0.1) is 5.92 Å². The first-order valence-corrected chi connectivity index (χ1v) is 8.86. The molecule has 4 heteroatoms. The molecule has 0 radical (unpaired) electrons. The van der Waals surface area contributed by atoms with E-state index in [0.717, 1.165) is 52.2 Å². The third-order valence-corrected chi connectivity index (χ3v) is 5.09. The Balaban J connectivity index is 1.54. The second-order valence-corrected chi connectivity index (χ2v) is 6.95. The molecule has 1 aromatic rings. The Kier molecular flexibility index (Phi) is 5.21. The van der Waals surface area contributed by atoms with E-state index in [2.05, 4.69) is 47.9 Å². The van der Waals surface area contributed by atoms with Crippen LogP contribution in [0.4, 0.5) is 5.69 Å². The Labute approximate surface area is 139 Å². The topological polar surface area (TPSA) is 32.8 Å². The molecule has 0 saturated carbocycles. The van der Waals surface area contributed by atoms with Crippen molar-refractivity contribution in [2.24, 2.45) is 5.92 Å². The minimum absolute atomic E-state index is 0.181. The summed E-state index contributed by atoms with van der Waals surface area (Å²) in [7, 11) is 0. The molecule has 0 aliphatic carbocycles. The van der Waals surface area contributed by atoms with E-state index in [-0.39, 0.29) is 5.92 Å². The average Bonchev–Trinajstić information content (AvgIpc) is 2.62. The molecule has 0 N–H and O–H groups in total. The summed E-state index contributed by atoms with van der Waals surface area (Å²) in [5.74, 6) is 1.08. The van der Waals surface area contributed by atoms with Crippen molar-refractivity contribution in [3.05, 3.63) is 29.8 Å². The van der Waals surface area contributed by atoms with E-state index in [1.54, 1.807) is 0 Å². The average molecular weight is 316 g/mol. The lowest BCUT2D eigenvalue weighted by molar-refractivity contribution is -0.138. The number of anilines is 1. The number of hydrogen-bond acceptors (Lipinski definition) is 3. The number of nitrogens with zero attached hydrogens (tertiary/aromatic N) is 2. The van der Waals surface area contributed by atoms with Crippen LogP contribution >= 0.6 is 0 Å². The van der Waals surface area contributed by atoms with Crippen molar-refractivity contribution < 1.29 is 9.53 Å². The molecule has 4 nitrogen and oxygen atoms in total. The van der Waals surface area contributed by atoms with Crippen LogP contribution < -0.4 is 4.90 Å². The number of benzene rings is 1. The lowest BCUT2D eigenvalue weighted by atomic mass is 9.98. The van der Waals surface area contributed by atoms with Crippen molar-refractivity contribution in [3.8, 4) is 0 Å². The van der Waals surface area contributed by atoms with Gasteiger partial charge in [-0.15, -0.1) is 0 Å². The minimum Gasteiger partial charge on any atom is -0.381 e. The molecule has 2 aliphatic rings. The van der Waals surface area contributed by atoms with E-state index >= 15 is 0 Å². The van der Waals surface area contributed by atoms with Crippen molar-refractivity contribution >= 4 is 11.6 Å². The summed E-state index contributed by atoms with van der Waals surface area (Å²) >= 11 is 0. The summed E-state index contributed by atoms with van der Waals surface area (Å²) in [5, 5.41) is 0. The summed E-state index contributed by atoms with van der Waals surface area (Å²) in [5.41, 5.74) is 2.65. The predicted molar refractivity (Wildman–Crippen MR) is 92.9 cm³/mol. The zero-order valence-electron chi connectivity index (χ0n) is 14.3. The van der Waals surface area contributed by atoms with Crippen molar-refractivity contribution in [3.63, 3.8) is 0 Å². The number of amides is 1. The Morgan fingerprint density at radius 3 is 2.22 bits per heavy atom. The lowest BCUT2D eigenvalue weighted by Crippen LogP contribution is -2.51. The van der Waals surface area contributed by atoms with Crippen LogP contribution in [0.15, 0.2) is 24.3 Å². The van der Waals surface area contributed by atoms with Gasteiger partial charge in [-0.2, -0.15) is 0 Å². The molecule has 2 aliphatic heterocycles. The number of carbonyl (C=O) groups excluding carboxylic acids is 1. The third kappa shape index (κ3) is 3.86. The van der Waals surface area contributed by atoms with E-state index in [1.807, 2.05) is 0 Å². The maximum absolute atomic E-state index is 12.6. The molecule has 0 spiro atoms. The van der Waals surface area contributed by atoms with Gasteiger partial charge in [0.15, 0.2) is 0 Å². The molecule has 2 heterocycles. The Morgan fingerprint density at radius 1 is 1.04 bits per heavy atom. The van der Waals surface area contributed by atoms with Gasteiger partial charge in [0.05, 0.1) is 0 Å². The number of hydrogen-bond donors (Lipinski definition) is 0. The highest BCUT2D eigenvalue weighted by atomic mass is 16.5. The van der Waals surface area contributed by atoms with Crippen LogP contribution in [0.2, 0.25) is 0 Å². The molecule has 0 atom stereocenters. The second-order valence-electron chi connectivity index (χ2n) is 6.95. The zero-order valence-corrected chi connectivity index (χ0v) is 14.3. The van der Waals surface area contributed by atoms with Gasteiger partial charge in [0.1, 0.15) is 0 Å². The maximum atomic E-state index is 12.6. The van der Waals surface area contributed by atoms with Crippen LogP contribution in [-0.4, -0.2) is 50.2 Å². The van der Waals surface area contributed by atoms with Gasteiger partial charge in [0.25, 0.3) is 0 Å². The van der Waals surface area contributed by atoms with E-state index < -0.39 is 0 Å². The summed E-state index contributed by atoms with van der Waals surface area (Å²) in [4.78, 5) is 17.0. The van der Waals surface area contributed by atoms with Crippen molar-refractivity contribution in [1.82, 2.24) is 4.90 Å². The van der Waals surface area contributed by atoms with Crippen molar-refractivity contribution in [2.45, 2.75) is 32.6 Å². The Bertz CT molecular complexity index is 513. The fraction of sp³-hybridized carbons (Fsp3) is 0.632. The van der Waals surface area contributed by atoms with Crippen LogP contribution in [-0.2, 0) is 9.53 Å². The number of rotatable bonds is 3. The van der Waals surface area contributed by atoms with Gasteiger partial charge in [-0.1, -0.05) is 26.0 Å². The fourth-order valence-corrected chi connectivity index (χ4v) is 3.46. The van der Waals surface area contributed by atoms with E-state index in [1.165, 1.54) is 11.3 Å². The second kappa shape index (κ2) is 7.35. The number of piperazine rings is 1. The van der Waals surface area contributed by atoms with Crippen molar-refractivity contribution in [1.29, 1.82) is 0 Å². The molecule has 3 rings (SSSR count). The normalized spacial score (nSPS) is 20.1. The lowest BCUT2D eigenvalue weighted by Gasteiger charge is -2.38. The van der Waals surface area contributed by atoms with Crippen molar-refractivity contribution in [2.75, 3.05) is 44.3 Å². The summed E-state index contributed by atoms with van der Waals surface area (Å²) in [6, 6.07) is 8.87. The van der Waals surface area contributed by atoms with Gasteiger partial charge in [-0.25, -0.2) is 0 Å². The first kappa shape index (κ1) is 16.3. The summed E-state index contributed by atoms with van der Waals surface area (Å²) < 4.78 is 5.36. The molecule has 1 amide bonds. The molecular formula is C19H28N2O2. The molecule has 1 aromatic carbocycles. The minimum atomic E-state index is 0.181. The zero-order chi connectivity index (χ0) is 16.2. The standard InChI is InChI=1S/C19H28N2O2/c1-15(2)16-3-5-18(6-4-16)20-9-11-21(12-10-20)19(22)17-7-13-23-14-8-17/h3-6,15,17H,7-14H2,1-2H3. The van der Waals surface area contributed by atoms with Gasteiger partial charge in [0.2, 0.25) is 5.91 Å². The molecular weight excluding hydrogens is 288 g/mol. The van der Waals surface area contributed by atoms with E-state index in [9.17, 15) is 4.79 Å². The highest BCUT2D eigenvalue weighted by molar-refractivity contribution is 5.79. The highest BCUT2D eigenvalue weighted by Gasteiger charge is 2.28. The van der Waals surface area contributed by atoms with Crippen LogP contribution in [0.3, 0.4) is 0 Å². The SMILES string of the molecule is CC(C)c1ccc(N2CCN(C(=O)C3CCOCC3)CC2)cc1. The largest absolute Gasteiger partial charge is 0.381 e. The van der Waals surface area contributed by atoms with Crippen LogP contribution in [0.5, 0.6) is 0 Å². The van der Waals surface area contributed by atoms with E-state index in [4.69, 9.17) is 4.74 Å². The quantitative estimate of drug-likeness (QED) is 0.859. The number of ether oxygens (including phenoxy) is 1. The maximum Gasteiger partial charge on any atom is 0.225 e. The molecule has 2 saturated heterocycles. The first-order chi connectivity index (χ1) is 11.1. The third-order valence-electron chi connectivity index (χ3n) is 5.09. The Morgan fingerprint density at radius 2 is 1.65 bits per heavy atom. The Hall–Kier alpha value is -1.55. The van der Waals surface area contributed by atoms with Gasteiger partial charge in [-0.05, 0) is 36.5 Å². The van der Waals surface area contributed by atoms with E-state index in [0.29, 0.717) is 11.8 Å². The molecule has 0 unspecified atom stereocenters. The molecule has 0 aromatic heterocycles. The predicted octanol–water partition coefficient (Wildman–Crippen LogP) is 2.89. The smallest absolute Gasteiger partial charge is 0.225 e. The van der Waals surface area contributed by atoms with Gasteiger partial charge in [0, 0.05) is 51.0 Å². The van der Waals surface area contributed by atoms with Crippen LogP contribution in [0.25, 0.3) is 0 Å². The first-order valence-electron chi connectivity index (χ1n) is 8.86. The molecule has 2 fully saturated rings. The van der Waals surface area contributed by atoms with Gasteiger partial charge < -0.3 is 14.5 Å². The van der Waals surface area contributed by atoms with Gasteiger partial charge >= 0.3 is 0 Å². The molecule has 126 valence electrons. The summed E-state index contributed by atoms with van der Waals surface area (Å²) in [6.07, 6.45) is 1.77. The molecule has 0 bridgehead atoms. The van der Waals surface area contributed by atoms with Crippen LogP contribution in [0.1, 0.15) is 38.2 Å². The summed E-state index contributed by atoms with van der Waals surface area (Å²) in [6.45, 7) is 9.43. The molecule has 23 heavy (non-hydrogen) atoms. The van der Waals surface area contributed by atoms with Gasteiger partial charge in [-0.3, -0.25) is 4.79 Å². The number of carbonyl (C=O) groups is 1. The fourth-order valence-electron chi connectivity index (χ4n) is 3.46.